The van der Waals surface area contributed by atoms with Gasteiger partial charge in [0.25, 0.3) is 0 Å². The Kier molecular flexibility index (Phi) is 2.29. The van der Waals surface area contributed by atoms with Gasteiger partial charge in [0.05, 0.1) is 11.8 Å². The van der Waals surface area contributed by atoms with Crippen molar-refractivity contribution in [3.05, 3.63) is 29.3 Å². The Hall–Kier alpha value is -2.04. The maximum atomic E-state index is 12.0. The highest BCUT2D eigenvalue weighted by Crippen LogP contribution is 2.39. The van der Waals surface area contributed by atoms with Crippen molar-refractivity contribution < 1.29 is 9.59 Å². The predicted octanol–water partition coefficient (Wildman–Crippen LogP) is 0.306. The molecular formula is C13H15N3O2. The van der Waals surface area contributed by atoms with E-state index in [-0.39, 0.29) is 23.7 Å². The summed E-state index contributed by atoms with van der Waals surface area (Å²) in [6.45, 7) is 2.56. The predicted molar refractivity (Wildman–Crippen MR) is 67.0 cm³/mol. The van der Waals surface area contributed by atoms with Gasteiger partial charge in [0.1, 0.15) is 0 Å². The first-order chi connectivity index (χ1) is 8.58. The van der Waals surface area contributed by atoms with Crippen LogP contribution in [0.4, 0.5) is 5.69 Å². The minimum Gasteiger partial charge on any atom is -0.374 e. The molecule has 5 heteroatoms. The fourth-order valence-electron chi connectivity index (χ4n) is 2.84. The van der Waals surface area contributed by atoms with Gasteiger partial charge in [0.15, 0.2) is 0 Å². The van der Waals surface area contributed by atoms with Crippen molar-refractivity contribution in [3.63, 3.8) is 0 Å². The van der Waals surface area contributed by atoms with Crippen molar-refractivity contribution in [2.24, 2.45) is 5.92 Å². The van der Waals surface area contributed by atoms with Crippen molar-refractivity contribution >= 4 is 17.5 Å². The van der Waals surface area contributed by atoms with E-state index in [9.17, 15) is 9.59 Å². The number of carbonyl (C=O) groups excluding carboxylic acids is 2. The second kappa shape index (κ2) is 3.73. The van der Waals surface area contributed by atoms with Gasteiger partial charge < -0.3 is 4.90 Å². The zero-order chi connectivity index (χ0) is 12.9. The lowest BCUT2D eigenvalue weighted by atomic mass is 9.79. The molecule has 0 radical (unpaired) electrons. The summed E-state index contributed by atoms with van der Waals surface area (Å²) in [5, 5.41) is 0. The normalized spacial score (nSPS) is 26.0. The molecule has 0 bridgehead atoms. The highest BCUT2D eigenvalue weighted by atomic mass is 16.2. The summed E-state index contributed by atoms with van der Waals surface area (Å²) in [6.07, 6.45) is 0. The molecule has 2 N–H and O–H groups in total. The van der Waals surface area contributed by atoms with Gasteiger partial charge in [-0.3, -0.25) is 20.4 Å². The number of benzene rings is 1. The Bertz CT molecular complexity index is 541. The number of nitrogens with zero attached hydrogens (tertiary/aromatic N) is 1. The van der Waals surface area contributed by atoms with Crippen LogP contribution >= 0.6 is 0 Å². The summed E-state index contributed by atoms with van der Waals surface area (Å²) in [6, 6.07) is 6.04. The highest BCUT2D eigenvalue weighted by Gasteiger charge is 2.44. The number of amides is 2. The molecule has 5 nitrogen and oxygen atoms in total. The SMILES string of the molecule is Cc1ccc2c(c1)[C@H]1C(=O)NNC(=O)[C@H]1CN2C. The summed E-state index contributed by atoms with van der Waals surface area (Å²) in [5.41, 5.74) is 7.96. The number of hydrogen-bond acceptors (Lipinski definition) is 3. The van der Waals surface area contributed by atoms with Crippen LogP contribution in [0.1, 0.15) is 17.0 Å². The van der Waals surface area contributed by atoms with Crippen molar-refractivity contribution in [3.8, 4) is 0 Å². The van der Waals surface area contributed by atoms with E-state index in [0.29, 0.717) is 6.54 Å². The van der Waals surface area contributed by atoms with Crippen LogP contribution in [0.25, 0.3) is 0 Å². The van der Waals surface area contributed by atoms with E-state index in [1.807, 2.05) is 37.1 Å². The van der Waals surface area contributed by atoms with E-state index < -0.39 is 0 Å². The Labute approximate surface area is 105 Å². The van der Waals surface area contributed by atoms with Gasteiger partial charge in [-0.25, -0.2) is 0 Å². The molecule has 2 aliphatic heterocycles. The molecule has 2 atom stereocenters. The van der Waals surface area contributed by atoms with Crippen molar-refractivity contribution in [1.29, 1.82) is 0 Å². The molecule has 1 saturated heterocycles. The zero-order valence-corrected chi connectivity index (χ0v) is 10.4. The molecule has 18 heavy (non-hydrogen) atoms. The van der Waals surface area contributed by atoms with E-state index in [0.717, 1.165) is 16.8 Å². The molecule has 0 saturated carbocycles. The van der Waals surface area contributed by atoms with Crippen molar-refractivity contribution in [2.75, 3.05) is 18.5 Å². The lowest BCUT2D eigenvalue weighted by Crippen LogP contribution is -2.59. The van der Waals surface area contributed by atoms with E-state index in [4.69, 9.17) is 0 Å². The van der Waals surface area contributed by atoms with Gasteiger partial charge in [-0.1, -0.05) is 17.7 Å². The Morgan fingerprint density at radius 2 is 1.94 bits per heavy atom. The minimum atomic E-state index is -0.371. The molecule has 0 spiro atoms. The quantitative estimate of drug-likeness (QED) is 0.691. The van der Waals surface area contributed by atoms with Crippen LogP contribution in [-0.4, -0.2) is 25.4 Å². The van der Waals surface area contributed by atoms with Crippen LogP contribution in [0.3, 0.4) is 0 Å². The van der Waals surface area contributed by atoms with Crippen LogP contribution in [-0.2, 0) is 9.59 Å². The number of rotatable bonds is 0. The fourth-order valence-corrected chi connectivity index (χ4v) is 2.84. The van der Waals surface area contributed by atoms with Gasteiger partial charge in [-0.05, 0) is 18.6 Å². The maximum absolute atomic E-state index is 12.0. The minimum absolute atomic E-state index is 0.112. The third kappa shape index (κ3) is 1.47. The molecule has 0 aromatic heterocycles. The largest absolute Gasteiger partial charge is 0.374 e. The van der Waals surface area contributed by atoms with Crippen molar-refractivity contribution in [1.82, 2.24) is 10.9 Å². The lowest BCUT2D eigenvalue weighted by molar-refractivity contribution is -0.139. The Balaban J connectivity index is 2.15. The van der Waals surface area contributed by atoms with E-state index in [2.05, 4.69) is 10.9 Å². The van der Waals surface area contributed by atoms with Gasteiger partial charge >= 0.3 is 0 Å². The van der Waals surface area contributed by atoms with Crippen LogP contribution in [0, 0.1) is 12.8 Å². The monoisotopic (exact) mass is 245 g/mol. The van der Waals surface area contributed by atoms with Crippen LogP contribution < -0.4 is 15.8 Å². The standard InChI is InChI=1S/C13H15N3O2/c1-7-3-4-10-8(5-7)11-9(6-16(10)2)12(17)14-15-13(11)18/h3-5,9,11H,6H2,1-2H3,(H,14,17)(H,15,18)/t9-,11+/m0/s1. The molecule has 1 aromatic rings. The Morgan fingerprint density at radius 1 is 1.22 bits per heavy atom. The second-order valence-corrected chi connectivity index (χ2v) is 5.01. The molecular weight excluding hydrogens is 230 g/mol. The molecule has 2 heterocycles. The highest BCUT2D eigenvalue weighted by molar-refractivity contribution is 5.98. The van der Waals surface area contributed by atoms with E-state index >= 15 is 0 Å². The van der Waals surface area contributed by atoms with Crippen LogP contribution in [0.2, 0.25) is 0 Å². The average Bonchev–Trinajstić information content (AvgIpc) is 2.33. The number of anilines is 1. The molecule has 1 aromatic carbocycles. The third-order valence-electron chi connectivity index (χ3n) is 3.73. The summed E-state index contributed by atoms with van der Waals surface area (Å²) >= 11 is 0. The molecule has 0 aliphatic carbocycles. The molecule has 0 unspecified atom stereocenters. The molecule has 94 valence electrons. The third-order valence-corrected chi connectivity index (χ3v) is 3.73. The first-order valence-electron chi connectivity index (χ1n) is 5.99. The van der Waals surface area contributed by atoms with Gasteiger partial charge in [-0.2, -0.15) is 0 Å². The lowest BCUT2D eigenvalue weighted by Gasteiger charge is -2.40. The topological polar surface area (TPSA) is 61.4 Å². The molecule has 1 fully saturated rings. The van der Waals surface area contributed by atoms with Gasteiger partial charge in [0.2, 0.25) is 11.8 Å². The summed E-state index contributed by atoms with van der Waals surface area (Å²) in [7, 11) is 1.95. The van der Waals surface area contributed by atoms with E-state index in [1.54, 1.807) is 0 Å². The fraction of sp³-hybridized carbons (Fsp3) is 0.385. The summed E-state index contributed by atoms with van der Waals surface area (Å²) in [5.74, 6) is -0.916. The molecule has 3 rings (SSSR count). The number of hydrogen-bond donors (Lipinski definition) is 2. The maximum Gasteiger partial charge on any atom is 0.246 e. The summed E-state index contributed by atoms with van der Waals surface area (Å²) in [4.78, 5) is 25.9. The van der Waals surface area contributed by atoms with Gasteiger partial charge in [-0.15, -0.1) is 0 Å². The molecule has 2 aliphatic rings. The van der Waals surface area contributed by atoms with E-state index in [1.165, 1.54) is 0 Å². The number of carbonyl (C=O) groups is 2. The molecule has 2 amide bonds. The first-order valence-corrected chi connectivity index (χ1v) is 5.99. The first kappa shape index (κ1) is 11.1. The smallest absolute Gasteiger partial charge is 0.246 e. The average molecular weight is 245 g/mol. The summed E-state index contributed by atoms with van der Waals surface area (Å²) < 4.78 is 0. The van der Waals surface area contributed by atoms with Crippen LogP contribution in [0.15, 0.2) is 18.2 Å². The number of aryl methyl sites for hydroxylation is 1. The number of fused-ring (bicyclic) bond motifs is 3. The Morgan fingerprint density at radius 3 is 2.72 bits per heavy atom. The zero-order valence-electron chi connectivity index (χ0n) is 10.4. The van der Waals surface area contributed by atoms with Crippen LogP contribution in [0.5, 0.6) is 0 Å². The number of nitrogens with one attached hydrogen (secondary N) is 2. The second-order valence-electron chi connectivity index (χ2n) is 5.01. The van der Waals surface area contributed by atoms with Gasteiger partial charge in [0, 0.05) is 19.3 Å². The number of hydrazine groups is 1. The van der Waals surface area contributed by atoms with Crippen molar-refractivity contribution in [2.45, 2.75) is 12.8 Å².